The summed E-state index contributed by atoms with van der Waals surface area (Å²) in [5.74, 6) is -0.886. The van der Waals surface area contributed by atoms with Gasteiger partial charge in [0.05, 0.1) is 11.8 Å². The van der Waals surface area contributed by atoms with Gasteiger partial charge in [-0.3, -0.25) is 4.79 Å². The minimum absolute atomic E-state index is 0.0613. The number of fused-ring (bicyclic) bond motifs is 1. The van der Waals surface area contributed by atoms with E-state index in [9.17, 15) is 18.0 Å². The van der Waals surface area contributed by atoms with Crippen molar-refractivity contribution in [2.75, 3.05) is 13.2 Å². The van der Waals surface area contributed by atoms with E-state index in [2.05, 4.69) is 15.0 Å². The Morgan fingerprint density at radius 3 is 2.81 bits per heavy atom. The molecule has 6 nitrogen and oxygen atoms in total. The van der Waals surface area contributed by atoms with E-state index in [4.69, 9.17) is 20.8 Å². The summed E-state index contributed by atoms with van der Waals surface area (Å²) in [6, 6.07) is 11.5. The Morgan fingerprint density at radius 1 is 1.22 bits per heavy atom. The Labute approximate surface area is 185 Å². The van der Waals surface area contributed by atoms with Crippen LogP contribution in [0, 0.1) is 0 Å². The molecule has 0 aliphatic carbocycles. The van der Waals surface area contributed by atoms with E-state index < -0.39 is 18.0 Å². The quantitative estimate of drug-likeness (QED) is 0.566. The predicted molar refractivity (Wildman–Crippen MR) is 111 cm³/mol. The lowest BCUT2D eigenvalue weighted by Gasteiger charge is -2.11. The van der Waals surface area contributed by atoms with Crippen LogP contribution in [0.5, 0.6) is 5.75 Å². The summed E-state index contributed by atoms with van der Waals surface area (Å²) >= 11 is 6.05. The zero-order chi connectivity index (χ0) is 22.7. The molecule has 3 aromatic rings. The normalized spacial score (nSPS) is 17.0. The highest BCUT2D eigenvalue weighted by atomic mass is 35.5. The van der Waals surface area contributed by atoms with Gasteiger partial charge in [0.15, 0.2) is 0 Å². The zero-order valence-electron chi connectivity index (χ0n) is 16.6. The van der Waals surface area contributed by atoms with Crippen LogP contribution in [0.3, 0.4) is 0 Å². The van der Waals surface area contributed by atoms with Gasteiger partial charge in [0.25, 0.3) is 5.91 Å². The highest BCUT2D eigenvalue weighted by Crippen LogP contribution is 2.26. The Balaban J connectivity index is 1.73. The Morgan fingerprint density at radius 2 is 2.06 bits per heavy atom. The Kier molecular flexibility index (Phi) is 6.38. The van der Waals surface area contributed by atoms with E-state index in [1.807, 2.05) is 0 Å². The van der Waals surface area contributed by atoms with Crippen molar-refractivity contribution < 1.29 is 31.9 Å². The smallest absolute Gasteiger partial charge is 0.438 e. The maximum Gasteiger partial charge on any atom is 0.573 e. The molecule has 4 rings (SSSR count). The third-order valence-corrected chi connectivity index (χ3v) is 4.98. The number of hydrogen-bond donors (Lipinski definition) is 1. The number of alkyl halides is 3. The van der Waals surface area contributed by atoms with Gasteiger partial charge in [-0.05, 0) is 49.2 Å². The molecule has 0 spiro atoms. The monoisotopic (exact) mass is 466 g/mol. The summed E-state index contributed by atoms with van der Waals surface area (Å²) in [5.41, 5.74) is 0.581. The highest BCUT2D eigenvalue weighted by Gasteiger charge is 2.31. The molecule has 1 aliphatic heterocycles. The van der Waals surface area contributed by atoms with Crippen molar-refractivity contribution in [2.45, 2.75) is 25.3 Å². The Bertz CT molecular complexity index is 1200. The summed E-state index contributed by atoms with van der Waals surface area (Å²) in [5, 5.41) is 3.83. The minimum atomic E-state index is -4.83. The molecule has 0 saturated carbocycles. The van der Waals surface area contributed by atoms with E-state index in [1.54, 1.807) is 24.3 Å². The number of nitrogens with one attached hydrogen (secondary N) is 1. The molecule has 2 aromatic carbocycles. The lowest BCUT2D eigenvalue weighted by atomic mass is 10.1. The van der Waals surface area contributed by atoms with Crippen molar-refractivity contribution in [1.82, 2.24) is 5.32 Å². The lowest BCUT2D eigenvalue weighted by molar-refractivity contribution is -0.274. The maximum atomic E-state index is 12.9. The van der Waals surface area contributed by atoms with Gasteiger partial charge < -0.3 is 19.2 Å². The number of carbonyl (C=O) groups is 1. The van der Waals surface area contributed by atoms with Crippen LogP contribution >= 0.6 is 11.6 Å². The molecule has 168 valence electrons. The average molecular weight is 467 g/mol. The second kappa shape index (κ2) is 9.22. The van der Waals surface area contributed by atoms with Gasteiger partial charge >= 0.3 is 6.36 Å². The van der Waals surface area contributed by atoms with Crippen LogP contribution < -0.4 is 15.6 Å². The average Bonchev–Trinajstić information content (AvgIpc) is 3.24. The van der Waals surface area contributed by atoms with Crippen LogP contribution in [0.1, 0.15) is 23.2 Å². The van der Waals surface area contributed by atoms with Gasteiger partial charge in [-0.2, -0.15) is 0 Å². The largest absolute Gasteiger partial charge is 0.573 e. The molecule has 1 amide bonds. The summed E-state index contributed by atoms with van der Waals surface area (Å²) < 4.78 is 52.9. The number of halogens is 4. The number of nitrogens with zero attached hydrogens (tertiary/aromatic N) is 1. The molecule has 32 heavy (non-hydrogen) atoms. The maximum absolute atomic E-state index is 12.9. The molecule has 10 heteroatoms. The first kappa shape index (κ1) is 22.2. The van der Waals surface area contributed by atoms with E-state index >= 15 is 0 Å². The summed E-state index contributed by atoms with van der Waals surface area (Å²) in [4.78, 5) is 17.2. The number of carbonyl (C=O) groups excluding carboxylic acids is 1. The van der Waals surface area contributed by atoms with Crippen molar-refractivity contribution >= 4 is 34.2 Å². The van der Waals surface area contributed by atoms with Crippen LogP contribution in [-0.2, 0) is 4.74 Å². The number of amides is 1. The second-order valence-electron chi connectivity index (χ2n) is 7.15. The van der Waals surface area contributed by atoms with Crippen molar-refractivity contribution in [1.29, 1.82) is 0 Å². The third kappa shape index (κ3) is 5.60. The molecule has 0 unspecified atom stereocenters. The first-order chi connectivity index (χ1) is 15.3. The van der Waals surface area contributed by atoms with Crippen LogP contribution in [0.4, 0.5) is 18.9 Å². The summed E-state index contributed by atoms with van der Waals surface area (Å²) in [6.45, 7) is 0.974. The molecule has 0 bridgehead atoms. The zero-order valence-corrected chi connectivity index (χ0v) is 17.4. The first-order valence-electron chi connectivity index (χ1n) is 9.80. The number of ether oxygens (including phenoxy) is 2. The van der Waals surface area contributed by atoms with Gasteiger partial charge in [-0.1, -0.05) is 17.7 Å². The summed E-state index contributed by atoms with van der Waals surface area (Å²) in [6.07, 6.45) is -3.12. The molecule has 1 N–H and O–H groups in total. The van der Waals surface area contributed by atoms with Crippen LogP contribution in [-0.4, -0.2) is 31.5 Å². The minimum Gasteiger partial charge on any atom is -0.438 e. The second-order valence-corrected chi connectivity index (χ2v) is 7.59. The van der Waals surface area contributed by atoms with Gasteiger partial charge in [0, 0.05) is 29.6 Å². The Hall–Kier alpha value is -3.04. The van der Waals surface area contributed by atoms with Crippen molar-refractivity contribution in [3.05, 3.63) is 64.7 Å². The van der Waals surface area contributed by atoms with Gasteiger partial charge in [-0.25, -0.2) is 4.99 Å². The van der Waals surface area contributed by atoms with Crippen molar-refractivity contribution in [3.8, 4) is 5.75 Å². The fourth-order valence-corrected chi connectivity index (χ4v) is 3.50. The van der Waals surface area contributed by atoms with E-state index in [-0.39, 0.29) is 22.9 Å². The van der Waals surface area contributed by atoms with Gasteiger partial charge in [-0.15, -0.1) is 13.2 Å². The molecule has 1 atom stereocenters. The molecule has 1 aliphatic rings. The van der Waals surface area contributed by atoms with Crippen LogP contribution in [0.15, 0.2) is 57.9 Å². The fraction of sp³-hybridized carbons (Fsp3) is 0.273. The SMILES string of the molecule is O=C(NC[C@@H]1CCCO1)c1cc2cc(Cl)ccc2oc1=Nc1cccc(OC(F)(F)F)c1. The molecular weight excluding hydrogens is 449 g/mol. The third-order valence-electron chi connectivity index (χ3n) is 4.75. The molecule has 0 radical (unpaired) electrons. The first-order valence-corrected chi connectivity index (χ1v) is 10.2. The van der Waals surface area contributed by atoms with E-state index in [1.165, 1.54) is 12.1 Å². The number of benzene rings is 2. The number of hydrogen-bond acceptors (Lipinski definition) is 5. The molecular formula is C22H18ClF3N2O4. The highest BCUT2D eigenvalue weighted by molar-refractivity contribution is 6.31. The van der Waals surface area contributed by atoms with Gasteiger partial charge in [0.2, 0.25) is 5.55 Å². The molecule has 1 aromatic heterocycles. The topological polar surface area (TPSA) is 73.1 Å². The van der Waals surface area contributed by atoms with Crippen molar-refractivity contribution in [2.24, 2.45) is 4.99 Å². The summed E-state index contributed by atoms with van der Waals surface area (Å²) in [7, 11) is 0. The molecule has 1 saturated heterocycles. The molecule has 1 fully saturated rings. The van der Waals surface area contributed by atoms with E-state index in [0.717, 1.165) is 25.0 Å². The van der Waals surface area contributed by atoms with Gasteiger partial charge in [0.1, 0.15) is 16.9 Å². The predicted octanol–water partition coefficient (Wildman–Crippen LogP) is 5.13. The van der Waals surface area contributed by atoms with Crippen LogP contribution in [0.2, 0.25) is 5.02 Å². The fourth-order valence-electron chi connectivity index (χ4n) is 3.32. The lowest BCUT2D eigenvalue weighted by Crippen LogP contribution is -2.34. The van der Waals surface area contributed by atoms with E-state index in [0.29, 0.717) is 29.1 Å². The van der Waals surface area contributed by atoms with Crippen LogP contribution in [0.25, 0.3) is 11.0 Å². The van der Waals surface area contributed by atoms with Crippen molar-refractivity contribution in [3.63, 3.8) is 0 Å². The standard InChI is InChI=1S/C22H18ClF3N2O4/c23-14-6-7-19-13(9-14)10-18(20(29)27-12-17-5-2-8-30-17)21(31-19)28-15-3-1-4-16(11-15)32-22(24,25)26/h1,3-4,6-7,9-11,17H,2,5,8,12H2,(H,27,29)/t17-/m0/s1. The number of rotatable bonds is 5. The molecule has 2 heterocycles.